The monoisotopic (exact) mass is 247 g/mol. The molecule has 0 aromatic carbocycles. The summed E-state index contributed by atoms with van der Waals surface area (Å²) in [5, 5.41) is 1.17. The first kappa shape index (κ1) is 12.9. The largest absolute Gasteiger partial charge is 0.326 e. The van der Waals surface area contributed by atoms with Gasteiger partial charge >= 0.3 is 0 Å². The van der Waals surface area contributed by atoms with Crippen LogP contribution in [0.25, 0.3) is 0 Å². The number of aromatic nitrogens is 1. The van der Waals surface area contributed by atoms with E-state index in [4.69, 9.17) is 5.73 Å². The Morgan fingerprint density at radius 1 is 1.53 bits per heavy atom. The molecule has 0 spiro atoms. The minimum Gasteiger partial charge on any atom is -0.326 e. The molecule has 0 aliphatic carbocycles. The number of hydrogen-bond acceptors (Lipinski definition) is 4. The van der Waals surface area contributed by atoms with Gasteiger partial charge in [0.1, 0.15) is 0 Å². The molecule has 3 nitrogen and oxygen atoms in total. The molecule has 15 heavy (non-hydrogen) atoms. The van der Waals surface area contributed by atoms with Gasteiger partial charge in [-0.15, -0.1) is 23.7 Å². The van der Waals surface area contributed by atoms with Gasteiger partial charge in [-0.25, -0.2) is 4.98 Å². The first-order valence-corrected chi connectivity index (χ1v) is 5.87. The van der Waals surface area contributed by atoms with Crippen LogP contribution in [-0.4, -0.2) is 29.0 Å². The fraction of sp³-hybridized carbons (Fsp3) is 0.700. The zero-order valence-electron chi connectivity index (χ0n) is 9.19. The van der Waals surface area contributed by atoms with Crippen molar-refractivity contribution in [2.45, 2.75) is 32.9 Å². The van der Waals surface area contributed by atoms with Crippen LogP contribution in [0.2, 0.25) is 0 Å². The fourth-order valence-corrected chi connectivity index (χ4v) is 2.91. The maximum absolute atomic E-state index is 5.87. The van der Waals surface area contributed by atoms with Gasteiger partial charge in [-0.1, -0.05) is 0 Å². The molecule has 2 N–H and O–H groups in total. The molecule has 2 heterocycles. The van der Waals surface area contributed by atoms with Crippen molar-refractivity contribution in [2.24, 2.45) is 5.73 Å². The topological polar surface area (TPSA) is 42.2 Å². The second-order valence-corrected chi connectivity index (χ2v) is 5.31. The summed E-state index contributed by atoms with van der Waals surface area (Å²) in [5.41, 5.74) is 7.06. The van der Waals surface area contributed by atoms with Gasteiger partial charge in [-0.3, -0.25) is 4.90 Å². The van der Waals surface area contributed by atoms with Crippen LogP contribution >= 0.6 is 23.7 Å². The molecule has 0 saturated carbocycles. The quantitative estimate of drug-likeness (QED) is 0.865. The third kappa shape index (κ3) is 3.14. The standard InChI is InChI=1S/C10H17N3S.ClH/c1-7-10(14-8(2)12-7)6-13-4-3-9(11)5-13;/h9H,3-6,11H2,1-2H3;1H. The molecule has 86 valence electrons. The number of aryl methyl sites for hydroxylation is 2. The molecular formula is C10H18ClN3S. The number of nitrogens with two attached hydrogens (primary N) is 1. The highest BCUT2D eigenvalue weighted by molar-refractivity contribution is 7.11. The van der Waals surface area contributed by atoms with Crippen LogP contribution in [0.4, 0.5) is 0 Å². The Bertz CT molecular complexity index is 326. The average Bonchev–Trinajstić information content (AvgIpc) is 2.61. The maximum atomic E-state index is 5.87. The first-order chi connectivity index (χ1) is 6.65. The van der Waals surface area contributed by atoms with E-state index in [2.05, 4.69) is 23.7 Å². The van der Waals surface area contributed by atoms with E-state index in [-0.39, 0.29) is 12.4 Å². The molecule has 2 rings (SSSR count). The van der Waals surface area contributed by atoms with Gasteiger partial charge in [-0.05, 0) is 20.3 Å². The SMILES string of the molecule is Cc1nc(C)c(CN2CCC(N)C2)s1.Cl. The van der Waals surface area contributed by atoms with Crippen molar-refractivity contribution in [1.29, 1.82) is 0 Å². The summed E-state index contributed by atoms with van der Waals surface area (Å²) in [5.74, 6) is 0. The van der Waals surface area contributed by atoms with E-state index in [9.17, 15) is 0 Å². The molecule has 5 heteroatoms. The Morgan fingerprint density at radius 3 is 2.73 bits per heavy atom. The lowest BCUT2D eigenvalue weighted by Gasteiger charge is -2.13. The number of rotatable bonds is 2. The van der Waals surface area contributed by atoms with Gasteiger partial charge in [0.15, 0.2) is 0 Å². The molecule has 1 aliphatic rings. The van der Waals surface area contributed by atoms with Gasteiger partial charge in [-0.2, -0.15) is 0 Å². The van der Waals surface area contributed by atoms with Crippen LogP contribution < -0.4 is 5.73 Å². The molecule has 1 aliphatic heterocycles. The van der Waals surface area contributed by atoms with Crippen LogP contribution in [0.1, 0.15) is 22.0 Å². The zero-order valence-corrected chi connectivity index (χ0v) is 10.8. The van der Waals surface area contributed by atoms with Crippen LogP contribution in [0, 0.1) is 13.8 Å². The summed E-state index contributed by atoms with van der Waals surface area (Å²) >= 11 is 1.81. The van der Waals surface area contributed by atoms with E-state index in [1.807, 2.05) is 11.3 Å². The highest BCUT2D eigenvalue weighted by Gasteiger charge is 2.20. The molecule has 1 saturated heterocycles. The second kappa shape index (κ2) is 5.25. The summed E-state index contributed by atoms with van der Waals surface area (Å²) < 4.78 is 0. The number of halogens is 1. The molecule has 1 fully saturated rings. The van der Waals surface area contributed by atoms with Crippen molar-refractivity contribution in [3.63, 3.8) is 0 Å². The van der Waals surface area contributed by atoms with Crippen molar-refractivity contribution in [3.8, 4) is 0 Å². The minimum atomic E-state index is 0. The third-order valence-electron chi connectivity index (χ3n) is 2.68. The Kier molecular flexibility index (Phi) is 4.52. The molecular weight excluding hydrogens is 230 g/mol. The van der Waals surface area contributed by atoms with Crippen LogP contribution in [0.15, 0.2) is 0 Å². The summed E-state index contributed by atoms with van der Waals surface area (Å²) in [6.07, 6.45) is 1.14. The van der Waals surface area contributed by atoms with E-state index in [0.29, 0.717) is 6.04 Å². The molecule has 1 atom stereocenters. The summed E-state index contributed by atoms with van der Waals surface area (Å²) in [6.45, 7) is 7.37. The average molecular weight is 248 g/mol. The molecule has 0 amide bonds. The highest BCUT2D eigenvalue weighted by Crippen LogP contribution is 2.21. The van der Waals surface area contributed by atoms with Crippen LogP contribution in [0.5, 0.6) is 0 Å². The molecule has 0 radical (unpaired) electrons. The fourth-order valence-electron chi connectivity index (χ4n) is 1.93. The summed E-state index contributed by atoms with van der Waals surface area (Å²) in [6, 6.07) is 0.379. The van der Waals surface area contributed by atoms with Gasteiger partial charge in [0.2, 0.25) is 0 Å². The predicted molar refractivity (Wildman–Crippen MR) is 66.7 cm³/mol. The van der Waals surface area contributed by atoms with Gasteiger partial charge in [0.05, 0.1) is 10.7 Å². The van der Waals surface area contributed by atoms with E-state index in [1.54, 1.807) is 0 Å². The number of hydrogen-bond donors (Lipinski definition) is 1. The first-order valence-electron chi connectivity index (χ1n) is 5.06. The van der Waals surface area contributed by atoms with Crippen molar-refractivity contribution in [2.75, 3.05) is 13.1 Å². The summed E-state index contributed by atoms with van der Waals surface area (Å²) in [7, 11) is 0. The maximum Gasteiger partial charge on any atom is 0.0900 e. The van der Waals surface area contributed by atoms with Crippen LogP contribution in [0.3, 0.4) is 0 Å². The summed E-state index contributed by atoms with van der Waals surface area (Å²) in [4.78, 5) is 8.25. The van der Waals surface area contributed by atoms with Gasteiger partial charge in [0, 0.05) is 30.6 Å². The highest BCUT2D eigenvalue weighted by atomic mass is 35.5. The number of likely N-dealkylation sites (tertiary alicyclic amines) is 1. The van der Waals surface area contributed by atoms with Crippen molar-refractivity contribution >= 4 is 23.7 Å². The Balaban J connectivity index is 0.00000112. The molecule has 0 bridgehead atoms. The van der Waals surface area contributed by atoms with E-state index < -0.39 is 0 Å². The predicted octanol–water partition coefficient (Wildman–Crippen LogP) is 1.71. The second-order valence-electron chi connectivity index (χ2n) is 4.03. The van der Waals surface area contributed by atoms with E-state index >= 15 is 0 Å². The smallest absolute Gasteiger partial charge is 0.0900 e. The van der Waals surface area contributed by atoms with E-state index in [1.165, 1.54) is 15.6 Å². The zero-order chi connectivity index (χ0) is 10.1. The van der Waals surface area contributed by atoms with Crippen LogP contribution in [-0.2, 0) is 6.54 Å². The third-order valence-corrected chi connectivity index (χ3v) is 3.73. The minimum absolute atomic E-state index is 0. The van der Waals surface area contributed by atoms with Crippen molar-refractivity contribution in [1.82, 2.24) is 9.88 Å². The lowest BCUT2D eigenvalue weighted by molar-refractivity contribution is 0.329. The van der Waals surface area contributed by atoms with Crippen molar-refractivity contribution in [3.05, 3.63) is 15.6 Å². The number of thiazole rings is 1. The Labute approximate surface area is 101 Å². The van der Waals surface area contributed by atoms with Gasteiger partial charge < -0.3 is 5.73 Å². The Hall–Kier alpha value is -0.160. The van der Waals surface area contributed by atoms with Crippen molar-refractivity contribution < 1.29 is 0 Å². The normalized spacial score (nSPS) is 21.7. The lowest BCUT2D eigenvalue weighted by atomic mass is 10.3. The molecule has 1 unspecified atom stereocenters. The van der Waals surface area contributed by atoms with Gasteiger partial charge in [0.25, 0.3) is 0 Å². The van der Waals surface area contributed by atoms with E-state index in [0.717, 1.165) is 26.1 Å². The molecule has 1 aromatic heterocycles. The Morgan fingerprint density at radius 2 is 2.27 bits per heavy atom. The number of nitrogens with zero attached hydrogens (tertiary/aromatic N) is 2. The molecule has 1 aromatic rings. The lowest BCUT2D eigenvalue weighted by Crippen LogP contribution is -2.26.